The monoisotopic (exact) mass is 326 g/mol. The van der Waals surface area contributed by atoms with Crippen LogP contribution in [0.5, 0.6) is 5.75 Å². The molecule has 0 radical (unpaired) electrons. The van der Waals surface area contributed by atoms with E-state index >= 15 is 0 Å². The topological polar surface area (TPSA) is 29.5 Å². The van der Waals surface area contributed by atoms with E-state index in [1.54, 1.807) is 11.3 Å². The molecule has 0 saturated carbocycles. The van der Waals surface area contributed by atoms with Gasteiger partial charge in [0.25, 0.3) is 0 Å². The molecule has 2 rings (SSSR count). The molecule has 0 spiro atoms. The number of halogens is 1. The zero-order valence-corrected chi connectivity index (χ0v) is 12.5. The first-order valence-electron chi connectivity index (χ1n) is 5.83. The average molecular weight is 327 g/mol. The van der Waals surface area contributed by atoms with E-state index in [0.717, 1.165) is 22.2 Å². The lowest BCUT2D eigenvalue weighted by Crippen LogP contribution is -1.96. The van der Waals surface area contributed by atoms with Crippen molar-refractivity contribution >= 4 is 27.3 Å². The third-order valence-corrected chi connectivity index (χ3v) is 4.61. The predicted molar refractivity (Wildman–Crippen MR) is 78.0 cm³/mol. The maximum absolute atomic E-state index is 9.69. The highest BCUT2D eigenvalue weighted by Gasteiger charge is 2.05. The molecule has 2 nitrogen and oxygen atoms in total. The molecule has 0 bridgehead atoms. The molecule has 4 heteroatoms. The fourth-order valence-electron chi connectivity index (χ4n) is 1.60. The molecule has 1 aromatic heterocycles. The van der Waals surface area contributed by atoms with Gasteiger partial charge >= 0.3 is 0 Å². The number of ether oxygens (including phenoxy) is 1. The van der Waals surface area contributed by atoms with Crippen LogP contribution in [0.2, 0.25) is 0 Å². The van der Waals surface area contributed by atoms with Gasteiger partial charge in [-0.05, 0) is 51.5 Å². The highest BCUT2D eigenvalue weighted by atomic mass is 79.9. The zero-order chi connectivity index (χ0) is 13.0. The first-order valence-corrected chi connectivity index (χ1v) is 7.50. The summed E-state index contributed by atoms with van der Waals surface area (Å²) in [6, 6.07) is 9.63. The van der Waals surface area contributed by atoms with Gasteiger partial charge in [0.15, 0.2) is 0 Å². The summed E-state index contributed by atoms with van der Waals surface area (Å²) < 4.78 is 6.79. The summed E-state index contributed by atoms with van der Waals surface area (Å²) in [7, 11) is 0. The Balaban J connectivity index is 1.96. The Kier molecular flexibility index (Phi) is 4.80. The first kappa shape index (κ1) is 13.6. The van der Waals surface area contributed by atoms with Crippen molar-refractivity contribution in [2.24, 2.45) is 0 Å². The highest BCUT2D eigenvalue weighted by molar-refractivity contribution is 9.10. The summed E-state index contributed by atoms with van der Waals surface area (Å²) >= 11 is 5.15. The minimum Gasteiger partial charge on any atom is -0.488 e. The maximum Gasteiger partial charge on any atom is 0.124 e. The Labute approximate surface area is 119 Å². The lowest BCUT2D eigenvalue weighted by atomic mass is 10.1. The molecule has 0 aliphatic carbocycles. The van der Waals surface area contributed by atoms with E-state index in [1.165, 1.54) is 4.88 Å². The molecule has 0 amide bonds. The van der Waals surface area contributed by atoms with Crippen LogP contribution < -0.4 is 4.74 Å². The Morgan fingerprint density at radius 3 is 2.56 bits per heavy atom. The molecule has 0 aliphatic heterocycles. The second-order valence-corrected chi connectivity index (χ2v) is 5.83. The van der Waals surface area contributed by atoms with E-state index in [-0.39, 0.29) is 6.10 Å². The Bertz CT molecular complexity index is 493. The third kappa shape index (κ3) is 3.34. The van der Waals surface area contributed by atoms with Crippen molar-refractivity contribution in [3.63, 3.8) is 0 Å². The maximum atomic E-state index is 9.69. The fraction of sp³-hybridized carbons (Fsp3) is 0.286. The van der Waals surface area contributed by atoms with Crippen molar-refractivity contribution in [2.45, 2.75) is 26.1 Å². The standard InChI is InChI=1S/C14H15BrO2S/c1-2-13(16)10-3-5-11(6-4-10)17-9-14-12(15)7-8-18-14/h3-8,13,16H,2,9H2,1H3. The van der Waals surface area contributed by atoms with Gasteiger partial charge < -0.3 is 9.84 Å². The van der Waals surface area contributed by atoms with Crippen molar-refractivity contribution in [3.8, 4) is 5.75 Å². The summed E-state index contributed by atoms with van der Waals surface area (Å²) in [6.45, 7) is 2.53. The largest absolute Gasteiger partial charge is 0.488 e. The lowest BCUT2D eigenvalue weighted by Gasteiger charge is -2.09. The number of hydrogen-bond donors (Lipinski definition) is 1. The molecule has 1 heterocycles. The van der Waals surface area contributed by atoms with Crippen LogP contribution in [0.25, 0.3) is 0 Å². The van der Waals surface area contributed by atoms with Gasteiger partial charge in [0.2, 0.25) is 0 Å². The molecule has 0 fully saturated rings. The number of rotatable bonds is 5. The molecule has 1 unspecified atom stereocenters. The SMILES string of the molecule is CCC(O)c1ccc(OCc2sccc2Br)cc1. The average Bonchev–Trinajstić information content (AvgIpc) is 2.81. The van der Waals surface area contributed by atoms with Gasteiger partial charge in [0, 0.05) is 4.47 Å². The number of aliphatic hydroxyl groups excluding tert-OH is 1. The van der Waals surface area contributed by atoms with Gasteiger partial charge in [-0.3, -0.25) is 0 Å². The number of benzene rings is 1. The summed E-state index contributed by atoms with van der Waals surface area (Å²) in [5.74, 6) is 0.822. The van der Waals surface area contributed by atoms with Crippen LogP contribution in [0.15, 0.2) is 40.2 Å². The Hall–Kier alpha value is -0.840. The number of aliphatic hydroxyl groups is 1. The number of hydrogen-bond acceptors (Lipinski definition) is 3. The van der Waals surface area contributed by atoms with Crippen LogP contribution in [0, 0.1) is 0 Å². The van der Waals surface area contributed by atoms with Crippen LogP contribution in [0.3, 0.4) is 0 Å². The van der Waals surface area contributed by atoms with Crippen molar-refractivity contribution in [3.05, 3.63) is 50.6 Å². The van der Waals surface area contributed by atoms with Crippen molar-refractivity contribution in [2.75, 3.05) is 0 Å². The minimum absolute atomic E-state index is 0.384. The summed E-state index contributed by atoms with van der Waals surface area (Å²) in [5.41, 5.74) is 0.933. The van der Waals surface area contributed by atoms with Gasteiger partial charge in [0.05, 0.1) is 11.0 Å². The normalized spacial score (nSPS) is 12.4. The molecular weight excluding hydrogens is 312 g/mol. The van der Waals surface area contributed by atoms with Gasteiger partial charge in [-0.15, -0.1) is 11.3 Å². The lowest BCUT2D eigenvalue weighted by molar-refractivity contribution is 0.173. The molecular formula is C14H15BrO2S. The second-order valence-electron chi connectivity index (χ2n) is 3.97. The van der Waals surface area contributed by atoms with Gasteiger partial charge in [-0.2, -0.15) is 0 Å². The second kappa shape index (κ2) is 6.36. The third-order valence-electron chi connectivity index (χ3n) is 2.71. The van der Waals surface area contributed by atoms with E-state index in [2.05, 4.69) is 15.9 Å². The molecule has 1 aromatic carbocycles. The first-order chi connectivity index (χ1) is 8.70. The van der Waals surface area contributed by atoms with Crippen LogP contribution in [0.4, 0.5) is 0 Å². The summed E-state index contributed by atoms with van der Waals surface area (Å²) in [6.07, 6.45) is 0.341. The predicted octanol–water partition coefficient (Wildman–Crippen LogP) is 4.53. The van der Waals surface area contributed by atoms with Gasteiger partial charge in [0.1, 0.15) is 12.4 Å². The van der Waals surface area contributed by atoms with Gasteiger partial charge in [-0.25, -0.2) is 0 Å². The van der Waals surface area contributed by atoms with Crippen LogP contribution in [-0.2, 0) is 6.61 Å². The van der Waals surface area contributed by atoms with E-state index in [9.17, 15) is 5.11 Å². The summed E-state index contributed by atoms with van der Waals surface area (Å²) in [4.78, 5) is 1.17. The molecule has 1 atom stereocenters. The molecule has 2 aromatic rings. The van der Waals surface area contributed by atoms with Crippen molar-refractivity contribution in [1.82, 2.24) is 0 Å². The molecule has 0 aliphatic rings. The molecule has 0 saturated heterocycles. The van der Waals surface area contributed by atoms with E-state index in [4.69, 9.17) is 4.74 Å². The summed E-state index contributed by atoms with van der Waals surface area (Å²) in [5, 5.41) is 11.7. The molecule has 1 N–H and O–H groups in total. The molecule has 96 valence electrons. The van der Waals surface area contributed by atoms with E-state index < -0.39 is 0 Å². The zero-order valence-electron chi connectivity index (χ0n) is 10.1. The smallest absolute Gasteiger partial charge is 0.124 e. The van der Waals surface area contributed by atoms with Gasteiger partial charge in [-0.1, -0.05) is 19.1 Å². The fourth-order valence-corrected chi connectivity index (χ4v) is 2.98. The van der Waals surface area contributed by atoms with Crippen molar-refractivity contribution in [1.29, 1.82) is 0 Å². The number of thiophene rings is 1. The van der Waals surface area contributed by atoms with Crippen molar-refractivity contribution < 1.29 is 9.84 Å². The Morgan fingerprint density at radius 2 is 2.00 bits per heavy atom. The van der Waals surface area contributed by atoms with E-state index in [1.807, 2.05) is 42.6 Å². The quantitative estimate of drug-likeness (QED) is 0.874. The van der Waals surface area contributed by atoms with E-state index in [0.29, 0.717) is 6.61 Å². The Morgan fingerprint density at radius 1 is 1.28 bits per heavy atom. The van der Waals surface area contributed by atoms with Crippen LogP contribution >= 0.6 is 27.3 Å². The van der Waals surface area contributed by atoms with Crippen LogP contribution in [-0.4, -0.2) is 5.11 Å². The minimum atomic E-state index is -0.384. The molecule has 18 heavy (non-hydrogen) atoms. The van der Waals surface area contributed by atoms with Crippen LogP contribution in [0.1, 0.15) is 29.9 Å². The highest BCUT2D eigenvalue weighted by Crippen LogP contribution is 2.25.